The molecule has 1 amide bonds. The van der Waals surface area contributed by atoms with E-state index in [0.29, 0.717) is 27.7 Å². The summed E-state index contributed by atoms with van der Waals surface area (Å²) >= 11 is 6.09. The largest absolute Gasteiger partial charge is 0.397 e. The normalized spacial score (nSPS) is 10.6. The third-order valence-corrected chi connectivity index (χ3v) is 3.29. The molecule has 1 aromatic carbocycles. The molecule has 0 fully saturated rings. The highest BCUT2D eigenvalue weighted by molar-refractivity contribution is 6.31. The number of primary amides is 1. The number of carbonyl (C=O) groups is 1. The van der Waals surface area contributed by atoms with Crippen LogP contribution in [0, 0.1) is 13.8 Å². The maximum atomic E-state index is 11.4. The lowest BCUT2D eigenvalue weighted by atomic mass is 10.1. The van der Waals surface area contributed by atoms with Crippen molar-refractivity contribution in [3.8, 4) is 5.69 Å². The molecule has 0 unspecified atom stereocenters. The number of hydrogen-bond donors (Lipinski definition) is 2. The van der Waals surface area contributed by atoms with Gasteiger partial charge in [-0.1, -0.05) is 17.7 Å². The van der Waals surface area contributed by atoms with Gasteiger partial charge < -0.3 is 11.5 Å². The van der Waals surface area contributed by atoms with Crippen molar-refractivity contribution in [3.05, 3.63) is 40.2 Å². The molecule has 4 N–H and O–H groups in total. The van der Waals surface area contributed by atoms with E-state index in [1.54, 1.807) is 36.7 Å². The fourth-order valence-corrected chi connectivity index (χ4v) is 1.96. The van der Waals surface area contributed by atoms with Gasteiger partial charge in [-0.25, -0.2) is 4.68 Å². The number of carbonyl (C=O) groups excluding carboxylic acids is 1. The lowest BCUT2D eigenvalue weighted by molar-refractivity contribution is 0.1000. The first kappa shape index (κ1) is 12.4. The summed E-state index contributed by atoms with van der Waals surface area (Å²) in [4.78, 5) is 11.4. The number of aromatic nitrogens is 2. The van der Waals surface area contributed by atoms with Crippen LogP contribution in [-0.4, -0.2) is 15.7 Å². The van der Waals surface area contributed by atoms with Gasteiger partial charge in [-0.3, -0.25) is 4.79 Å². The van der Waals surface area contributed by atoms with Gasteiger partial charge in [0, 0.05) is 0 Å². The number of anilines is 1. The summed E-state index contributed by atoms with van der Waals surface area (Å²) in [5, 5.41) is 4.83. The van der Waals surface area contributed by atoms with Gasteiger partial charge in [0.2, 0.25) is 0 Å². The van der Waals surface area contributed by atoms with Crippen molar-refractivity contribution in [1.82, 2.24) is 9.78 Å². The Hall–Kier alpha value is -2.01. The van der Waals surface area contributed by atoms with Crippen molar-refractivity contribution in [2.75, 3.05) is 5.73 Å². The van der Waals surface area contributed by atoms with Crippen LogP contribution >= 0.6 is 11.6 Å². The number of amides is 1. The molecule has 0 bridgehead atoms. The summed E-state index contributed by atoms with van der Waals surface area (Å²) in [6.45, 7) is 3.59. The van der Waals surface area contributed by atoms with E-state index in [4.69, 9.17) is 23.1 Å². The maximum absolute atomic E-state index is 11.4. The molecule has 0 atom stereocenters. The predicted octanol–water partition coefficient (Wildman–Crippen LogP) is 1.82. The van der Waals surface area contributed by atoms with E-state index in [9.17, 15) is 4.79 Å². The minimum Gasteiger partial charge on any atom is -0.397 e. The average Bonchev–Trinajstić information content (AvgIpc) is 2.56. The van der Waals surface area contributed by atoms with Crippen LogP contribution in [0.3, 0.4) is 0 Å². The topological polar surface area (TPSA) is 86.9 Å². The third kappa shape index (κ3) is 1.82. The molecule has 1 aromatic heterocycles. The van der Waals surface area contributed by atoms with Crippen LogP contribution in [0.15, 0.2) is 18.2 Å². The molecule has 0 aliphatic carbocycles. The molecule has 0 saturated heterocycles. The Kier molecular flexibility index (Phi) is 3.00. The van der Waals surface area contributed by atoms with Crippen molar-refractivity contribution in [3.63, 3.8) is 0 Å². The van der Waals surface area contributed by atoms with Gasteiger partial charge in [0.25, 0.3) is 5.91 Å². The van der Waals surface area contributed by atoms with Gasteiger partial charge in [0.15, 0.2) is 0 Å². The lowest BCUT2D eigenvalue weighted by Crippen LogP contribution is -2.17. The van der Waals surface area contributed by atoms with Crippen LogP contribution in [0.5, 0.6) is 0 Å². The van der Waals surface area contributed by atoms with Crippen LogP contribution < -0.4 is 11.5 Å². The Morgan fingerprint density at radius 2 is 2.06 bits per heavy atom. The van der Waals surface area contributed by atoms with Crippen LogP contribution in [0.4, 0.5) is 5.69 Å². The molecule has 1 heterocycles. The Labute approximate surface area is 109 Å². The molecular weight excluding hydrogens is 252 g/mol. The first-order valence-electron chi connectivity index (χ1n) is 5.34. The molecule has 6 heteroatoms. The van der Waals surface area contributed by atoms with E-state index in [1.165, 1.54) is 0 Å². The van der Waals surface area contributed by atoms with Crippen molar-refractivity contribution in [2.24, 2.45) is 5.73 Å². The molecule has 94 valence electrons. The fourth-order valence-electron chi connectivity index (χ4n) is 1.84. The number of para-hydroxylation sites is 1. The van der Waals surface area contributed by atoms with E-state index >= 15 is 0 Å². The zero-order valence-electron chi connectivity index (χ0n) is 10.1. The SMILES string of the molecule is Cc1nn(-c2c(N)cccc2C(N)=O)c(C)c1Cl. The van der Waals surface area contributed by atoms with Crippen LogP contribution in [0.1, 0.15) is 21.7 Å². The molecule has 5 nitrogen and oxygen atoms in total. The predicted molar refractivity (Wildman–Crippen MR) is 71.0 cm³/mol. The van der Waals surface area contributed by atoms with E-state index in [1.807, 2.05) is 0 Å². The summed E-state index contributed by atoms with van der Waals surface area (Å²) < 4.78 is 1.55. The molecule has 18 heavy (non-hydrogen) atoms. The molecule has 0 spiro atoms. The van der Waals surface area contributed by atoms with Crippen LogP contribution in [0.25, 0.3) is 5.69 Å². The van der Waals surface area contributed by atoms with Crippen LogP contribution in [-0.2, 0) is 0 Å². The van der Waals surface area contributed by atoms with E-state index in [-0.39, 0.29) is 0 Å². The molecule has 2 aromatic rings. The average molecular weight is 265 g/mol. The zero-order chi connectivity index (χ0) is 13.4. The molecule has 0 saturated carbocycles. The quantitative estimate of drug-likeness (QED) is 0.811. The molecular formula is C12H13ClN4O. The monoisotopic (exact) mass is 264 g/mol. The summed E-state index contributed by atoms with van der Waals surface area (Å²) in [6.07, 6.45) is 0. The van der Waals surface area contributed by atoms with Crippen molar-refractivity contribution >= 4 is 23.2 Å². The number of hydrogen-bond acceptors (Lipinski definition) is 3. The molecule has 2 rings (SSSR count). The Bertz CT molecular complexity index is 633. The van der Waals surface area contributed by atoms with Crippen molar-refractivity contribution < 1.29 is 4.79 Å². The fraction of sp³-hybridized carbons (Fsp3) is 0.167. The minimum absolute atomic E-state index is 0.317. The van der Waals surface area contributed by atoms with E-state index in [0.717, 1.165) is 5.69 Å². The number of halogens is 1. The second-order valence-corrected chi connectivity index (χ2v) is 4.38. The van der Waals surface area contributed by atoms with Gasteiger partial charge in [0.05, 0.1) is 27.7 Å². The number of nitrogens with zero attached hydrogens (tertiary/aromatic N) is 2. The third-order valence-electron chi connectivity index (χ3n) is 2.75. The Morgan fingerprint density at radius 3 is 2.56 bits per heavy atom. The number of aryl methyl sites for hydroxylation is 1. The minimum atomic E-state index is -0.555. The molecule has 0 aliphatic rings. The highest BCUT2D eigenvalue weighted by Crippen LogP contribution is 2.27. The molecule has 0 aliphatic heterocycles. The number of nitrogen functional groups attached to an aromatic ring is 1. The molecule has 0 radical (unpaired) electrons. The van der Waals surface area contributed by atoms with Gasteiger partial charge in [-0.15, -0.1) is 0 Å². The standard InChI is InChI=1S/C12H13ClN4O/c1-6-10(13)7(2)17(16-6)11-8(12(15)18)4-3-5-9(11)14/h3-5H,14H2,1-2H3,(H2,15,18). The van der Waals surface area contributed by atoms with Crippen molar-refractivity contribution in [1.29, 1.82) is 0 Å². The first-order valence-corrected chi connectivity index (χ1v) is 5.71. The number of rotatable bonds is 2. The lowest BCUT2D eigenvalue weighted by Gasteiger charge is -2.11. The number of nitrogens with two attached hydrogens (primary N) is 2. The van der Waals surface area contributed by atoms with Gasteiger partial charge in [-0.2, -0.15) is 5.10 Å². The first-order chi connectivity index (χ1) is 8.43. The van der Waals surface area contributed by atoms with Crippen LogP contribution in [0.2, 0.25) is 5.02 Å². The van der Waals surface area contributed by atoms with E-state index in [2.05, 4.69) is 5.10 Å². The van der Waals surface area contributed by atoms with E-state index < -0.39 is 5.91 Å². The summed E-state index contributed by atoms with van der Waals surface area (Å²) in [7, 11) is 0. The van der Waals surface area contributed by atoms with Gasteiger partial charge in [0.1, 0.15) is 5.69 Å². The summed E-state index contributed by atoms with van der Waals surface area (Å²) in [5.74, 6) is -0.555. The summed E-state index contributed by atoms with van der Waals surface area (Å²) in [5.41, 5.74) is 13.9. The second-order valence-electron chi connectivity index (χ2n) is 4.00. The number of benzene rings is 1. The Morgan fingerprint density at radius 1 is 1.39 bits per heavy atom. The zero-order valence-corrected chi connectivity index (χ0v) is 10.8. The second kappa shape index (κ2) is 4.34. The summed E-state index contributed by atoms with van der Waals surface area (Å²) in [6, 6.07) is 4.97. The van der Waals surface area contributed by atoms with Gasteiger partial charge in [-0.05, 0) is 26.0 Å². The Balaban J connectivity index is 2.78. The van der Waals surface area contributed by atoms with Gasteiger partial charge >= 0.3 is 0 Å². The maximum Gasteiger partial charge on any atom is 0.250 e. The van der Waals surface area contributed by atoms with Crippen molar-refractivity contribution in [2.45, 2.75) is 13.8 Å². The highest BCUT2D eigenvalue weighted by atomic mass is 35.5. The smallest absolute Gasteiger partial charge is 0.250 e. The highest BCUT2D eigenvalue weighted by Gasteiger charge is 2.18.